The summed E-state index contributed by atoms with van der Waals surface area (Å²) in [6.07, 6.45) is 0. The van der Waals surface area contributed by atoms with Gasteiger partial charge in [0.1, 0.15) is 23.0 Å². The van der Waals surface area contributed by atoms with Crippen LogP contribution in [0, 0.1) is 18.6 Å². The Bertz CT molecular complexity index is 829. The van der Waals surface area contributed by atoms with E-state index in [9.17, 15) is 8.78 Å². The Labute approximate surface area is 128 Å². The fourth-order valence-electron chi connectivity index (χ4n) is 2.37. The molecule has 108 valence electrons. The van der Waals surface area contributed by atoms with Gasteiger partial charge < -0.3 is 10.2 Å². The molecule has 1 heterocycles. The fourth-order valence-corrected chi connectivity index (χ4v) is 2.77. The Morgan fingerprint density at radius 3 is 2.62 bits per heavy atom. The Kier molecular flexibility index (Phi) is 3.55. The van der Waals surface area contributed by atoms with Crippen LogP contribution in [-0.4, -0.2) is 0 Å². The van der Waals surface area contributed by atoms with E-state index in [1.165, 1.54) is 18.2 Å². The number of benzene rings is 2. The molecule has 0 bridgehead atoms. The smallest absolute Gasteiger partial charge is 0.137 e. The van der Waals surface area contributed by atoms with Gasteiger partial charge >= 0.3 is 0 Å². The SMILES string of the molecule is Cc1c(C(N)c2ccc(F)c(Br)c2)oc2cc(F)ccc12. The van der Waals surface area contributed by atoms with E-state index < -0.39 is 6.04 Å². The van der Waals surface area contributed by atoms with E-state index in [0.717, 1.165) is 10.9 Å². The standard InChI is InChI=1S/C16H12BrF2NO/c1-8-11-4-3-10(18)7-14(11)21-16(8)15(20)9-2-5-13(19)12(17)6-9/h2-7,15H,20H2,1H3. The van der Waals surface area contributed by atoms with Crippen LogP contribution in [0.1, 0.15) is 22.9 Å². The second kappa shape index (κ2) is 5.24. The molecule has 0 aliphatic heterocycles. The lowest BCUT2D eigenvalue weighted by atomic mass is 10.0. The molecule has 0 aliphatic carbocycles. The van der Waals surface area contributed by atoms with E-state index in [-0.39, 0.29) is 11.6 Å². The molecule has 1 unspecified atom stereocenters. The van der Waals surface area contributed by atoms with Crippen LogP contribution < -0.4 is 5.73 Å². The van der Waals surface area contributed by atoms with Gasteiger partial charge in [-0.15, -0.1) is 0 Å². The third kappa shape index (κ3) is 2.47. The number of furan rings is 1. The van der Waals surface area contributed by atoms with Gasteiger partial charge in [-0.1, -0.05) is 6.07 Å². The van der Waals surface area contributed by atoms with Gasteiger partial charge in [0, 0.05) is 17.0 Å². The van der Waals surface area contributed by atoms with Gasteiger partial charge in [0.15, 0.2) is 0 Å². The lowest BCUT2D eigenvalue weighted by Crippen LogP contribution is -2.12. The summed E-state index contributed by atoms with van der Waals surface area (Å²) in [5, 5.41) is 0.822. The van der Waals surface area contributed by atoms with Crippen LogP contribution >= 0.6 is 15.9 Å². The van der Waals surface area contributed by atoms with Crippen molar-refractivity contribution in [2.24, 2.45) is 5.73 Å². The predicted molar refractivity (Wildman–Crippen MR) is 81.0 cm³/mol. The molecule has 3 rings (SSSR count). The van der Waals surface area contributed by atoms with Crippen molar-refractivity contribution in [3.05, 3.63) is 69.4 Å². The highest BCUT2D eigenvalue weighted by Gasteiger charge is 2.19. The first-order valence-electron chi connectivity index (χ1n) is 6.36. The van der Waals surface area contributed by atoms with Crippen LogP contribution in [0.25, 0.3) is 11.0 Å². The van der Waals surface area contributed by atoms with Gasteiger partial charge in [-0.25, -0.2) is 8.78 Å². The van der Waals surface area contributed by atoms with Crippen molar-refractivity contribution in [1.29, 1.82) is 0 Å². The van der Waals surface area contributed by atoms with Crippen molar-refractivity contribution in [2.75, 3.05) is 0 Å². The van der Waals surface area contributed by atoms with E-state index in [4.69, 9.17) is 10.2 Å². The van der Waals surface area contributed by atoms with Crippen LogP contribution in [0.15, 0.2) is 45.3 Å². The van der Waals surface area contributed by atoms with Gasteiger partial charge in [-0.2, -0.15) is 0 Å². The van der Waals surface area contributed by atoms with Gasteiger partial charge in [0.2, 0.25) is 0 Å². The quantitative estimate of drug-likeness (QED) is 0.718. The second-order valence-electron chi connectivity index (χ2n) is 4.88. The molecule has 5 heteroatoms. The van der Waals surface area contributed by atoms with Gasteiger partial charge in [-0.05, 0) is 52.7 Å². The lowest BCUT2D eigenvalue weighted by molar-refractivity contribution is 0.517. The normalized spacial score (nSPS) is 12.8. The number of hydrogen-bond donors (Lipinski definition) is 1. The van der Waals surface area contributed by atoms with Crippen LogP contribution in [-0.2, 0) is 0 Å². The summed E-state index contributed by atoms with van der Waals surface area (Å²) in [4.78, 5) is 0. The highest BCUT2D eigenvalue weighted by Crippen LogP contribution is 2.32. The zero-order valence-corrected chi connectivity index (χ0v) is 12.7. The molecule has 0 radical (unpaired) electrons. The van der Waals surface area contributed by atoms with Crippen molar-refractivity contribution >= 4 is 26.9 Å². The van der Waals surface area contributed by atoms with Crippen molar-refractivity contribution < 1.29 is 13.2 Å². The zero-order valence-electron chi connectivity index (χ0n) is 11.2. The summed E-state index contributed by atoms with van der Waals surface area (Å²) < 4.78 is 32.6. The molecule has 0 saturated carbocycles. The average Bonchev–Trinajstić information content (AvgIpc) is 2.77. The minimum absolute atomic E-state index is 0.343. The van der Waals surface area contributed by atoms with E-state index in [1.807, 2.05) is 6.92 Å². The summed E-state index contributed by atoms with van der Waals surface area (Å²) >= 11 is 3.14. The Hall–Kier alpha value is -1.72. The first-order chi connectivity index (χ1) is 9.97. The minimum atomic E-state index is -0.544. The fraction of sp³-hybridized carbons (Fsp3) is 0.125. The summed E-state index contributed by atoms with van der Waals surface area (Å²) in [5.41, 5.74) is 8.24. The molecule has 0 amide bonds. The van der Waals surface area contributed by atoms with Crippen molar-refractivity contribution in [2.45, 2.75) is 13.0 Å². The van der Waals surface area contributed by atoms with Crippen molar-refractivity contribution in [3.8, 4) is 0 Å². The summed E-state index contributed by atoms with van der Waals surface area (Å²) in [5.74, 6) is -0.163. The molecule has 21 heavy (non-hydrogen) atoms. The Morgan fingerprint density at radius 1 is 1.14 bits per heavy atom. The van der Waals surface area contributed by atoms with E-state index in [2.05, 4.69) is 15.9 Å². The van der Waals surface area contributed by atoms with Crippen molar-refractivity contribution in [1.82, 2.24) is 0 Å². The zero-order chi connectivity index (χ0) is 15.1. The van der Waals surface area contributed by atoms with Gasteiger partial charge in [0.05, 0.1) is 10.5 Å². The summed E-state index contributed by atoms with van der Waals surface area (Å²) in [6, 6.07) is 8.41. The molecule has 0 saturated heterocycles. The number of rotatable bonds is 2. The molecule has 1 aromatic heterocycles. The summed E-state index contributed by atoms with van der Waals surface area (Å²) in [7, 11) is 0. The maximum absolute atomic E-state index is 13.3. The molecule has 1 atom stereocenters. The van der Waals surface area contributed by atoms with E-state index in [0.29, 0.717) is 21.4 Å². The van der Waals surface area contributed by atoms with E-state index >= 15 is 0 Å². The van der Waals surface area contributed by atoms with Crippen molar-refractivity contribution in [3.63, 3.8) is 0 Å². The number of aryl methyl sites for hydroxylation is 1. The Balaban J connectivity index is 2.10. The maximum Gasteiger partial charge on any atom is 0.137 e. The van der Waals surface area contributed by atoms with Crippen LogP contribution in [0.3, 0.4) is 0 Å². The third-order valence-corrected chi connectivity index (χ3v) is 4.13. The second-order valence-corrected chi connectivity index (χ2v) is 5.74. The number of fused-ring (bicyclic) bond motifs is 1. The Morgan fingerprint density at radius 2 is 1.90 bits per heavy atom. The minimum Gasteiger partial charge on any atom is -0.459 e. The molecule has 2 N–H and O–H groups in total. The van der Waals surface area contributed by atoms with Crippen LogP contribution in [0.5, 0.6) is 0 Å². The molecule has 2 nitrogen and oxygen atoms in total. The largest absolute Gasteiger partial charge is 0.459 e. The molecular formula is C16H12BrF2NO. The average molecular weight is 352 g/mol. The topological polar surface area (TPSA) is 39.2 Å². The molecule has 2 aromatic carbocycles. The molecule has 0 fully saturated rings. The van der Waals surface area contributed by atoms with E-state index in [1.54, 1.807) is 18.2 Å². The highest BCUT2D eigenvalue weighted by molar-refractivity contribution is 9.10. The van der Waals surface area contributed by atoms with Crippen LogP contribution in [0.2, 0.25) is 0 Å². The maximum atomic E-state index is 13.3. The first kappa shape index (κ1) is 14.2. The number of hydrogen-bond acceptors (Lipinski definition) is 2. The van der Waals surface area contributed by atoms with Gasteiger partial charge in [0.25, 0.3) is 0 Å². The number of nitrogens with two attached hydrogens (primary N) is 1. The lowest BCUT2D eigenvalue weighted by Gasteiger charge is -2.11. The third-order valence-electron chi connectivity index (χ3n) is 3.52. The molecule has 3 aromatic rings. The molecule has 0 spiro atoms. The first-order valence-corrected chi connectivity index (χ1v) is 7.15. The number of halogens is 3. The predicted octanol–water partition coefficient (Wildman–Crippen LogP) is 4.83. The molecule has 0 aliphatic rings. The molecular weight excluding hydrogens is 340 g/mol. The summed E-state index contributed by atoms with van der Waals surface area (Å²) in [6.45, 7) is 1.87. The highest BCUT2D eigenvalue weighted by atomic mass is 79.9. The monoisotopic (exact) mass is 351 g/mol. The van der Waals surface area contributed by atoms with Gasteiger partial charge in [-0.3, -0.25) is 0 Å². The van der Waals surface area contributed by atoms with Crippen LogP contribution in [0.4, 0.5) is 8.78 Å².